The van der Waals surface area contributed by atoms with Gasteiger partial charge in [-0.05, 0) is 38.4 Å². The smallest absolute Gasteiger partial charge is 0.147 e. The zero-order valence-electron chi connectivity index (χ0n) is 9.99. The first-order valence-corrected chi connectivity index (χ1v) is 6.28. The van der Waals surface area contributed by atoms with Crippen LogP contribution in [0.3, 0.4) is 0 Å². The van der Waals surface area contributed by atoms with E-state index < -0.39 is 0 Å². The molecule has 0 N–H and O–H groups in total. The second-order valence-corrected chi connectivity index (χ2v) is 5.39. The van der Waals surface area contributed by atoms with E-state index >= 15 is 0 Å². The topological polar surface area (TPSA) is 34.0 Å². The number of rotatable bonds is 3. The third-order valence-electron chi connectivity index (χ3n) is 3.56. The zero-order chi connectivity index (χ0) is 11.6. The van der Waals surface area contributed by atoms with Gasteiger partial charge in [-0.25, -0.2) is 0 Å². The Hall–Kier alpha value is -0.610. The van der Waals surface area contributed by atoms with E-state index in [1.165, 1.54) is 25.9 Å². The normalized spacial score (nSPS) is 21.2. The van der Waals surface area contributed by atoms with Crippen molar-refractivity contribution < 1.29 is 0 Å². The van der Waals surface area contributed by atoms with Gasteiger partial charge in [0.1, 0.15) is 12.2 Å². The van der Waals surface area contributed by atoms with E-state index in [0.717, 1.165) is 12.4 Å². The molecule has 1 fully saturated rings. The lowest BCUT2D eigenvalue weighted by Gasteiger charge is -2.38. The molecule has 16 heavy (non-hydrogen) atoms. The van der Waals surface area contributed by atoms with Crippen molar-refractivity contribution in [1.29, 1.82) is 0 Å². The molecule has 0 aromatic carbocycles. The van der Waals surface area contributed by atoms with Gasteiger partial charge in [-0.15, -0.1) is 21.8 Å². The molecule has 0 unspecified atom stereocenters. The summed E-state index contributed by atoms with van der Waals surface area (Å²) in [5.74, 6) is 1.32. The van der Waals surface area contributed by atoms with Crippen LogP contribution in [0.1, 0.15) is 25.6 Å². The summed E-state index contributed by atoms with van der Waals surface area (Å²) < 4.78 is 2.10. The Labute approximate surface area is 102 Å². The fourth-order valence-corrected chi connectivity index (χ4v) is 2.45. The highest BCUT2D eigenvalue weighted by molar-refractivity contribution is 6.16. The van der Waals surface area contributed by atoms with Crippen molar-refractivity contribution in [2.75, 3.05) is 20.1 Å². The largest absolute Gasteiger partial charge is 0.316 e. The number of alkyl halides is 1. The molecule has 90 valence electrons. The molecular weight excluding hydrogens is 224 g/mol. The molecule has 1 aliphatic rings. The highest BCUT2D eigenvalue weighted by atomic mass is 35.5. The first-order chi connectivity index (χ1) is 7.63. The van der Waals surface area contributed by atoms with Crippen molar-refractivity contribution >= 4 is 11.6 Å². The third kappa shape index (κ3) is 2.55. The summed E-state index contributed by atoms with van der Waals surface area (Å²) >= 11 is 5.83. The summed E-state index contributed by atoms with van der Waals surface area (Å²) in [5.41, 5.74) is 0.357. The Morgan fingerprint density at radius 3 is 2.75 bits per heavy atom. The summed E-state index contributed by atoms with van der Waals surface area (Å²) in [6, 6.07) is 0. The van der Waals surface area contributed by atoms with Gasteiger partial charge < -0.3 is 9.47 Å². The van der Waals surface area contributed by atoms with Gasteiger partial charge in [-0.3, -0.25) is 0 Å². The maximum atomic E-state index is 5.83. The SMILES string of the molecule is CN1CCC(C)(Cn2cnnc2CCl)CC1. The Morgan fingerprint density at radius 1 is 1.44 bits per heavy atom. The molecule has 1 aromatic rings. The molecule has 0 aliphatic carbocycles. The molecule has 2 heterocycles. The Balaban J connectivity index is 2.03. The van der Waals surface area contributed by atoms with E-state index in [0.29, 0.717) is 11.3 Å². The molecule has 1 aliphatic heterocycles. The van der Waals surface area contributed by atoms with Crippen LogP contribution in [0.2, 0.25) is 0 Å². The van der Waals surface area contributed by atoms with Crippen LogP contribution >= 0.6 is 11.6 Å². The van der Waals surface area contributed by atoms with E-state index in [1.807, 2.05) is 0 Å². The number of aromatic nitrogens is 3. The highest BCUT2D eigenvalue weighted by Crippen LogP contribution is 2.32. The molecule has 0 amide bonds. The molecule has 0 spiro atoms. The predicted octanol–water partition coefficient (Wildman–Crippen LogP) is 1.75. The molecule has 0 bridgehead atoms. The molecule has 5 heteroatoms. The van der Waals surface area contributed by atoms with Crippen molar-refractivity contribution in [2.24, 2.45) is 5.41 Å². The van der Waals surface area contributed by atoms with E-state index in [4.69, 9.17) is 11.6 Å². The lowest BCUT2D eigenvalue weighted by Crippen LogP contribution is -2.38. The highest BCUT2D eigenvalue weighted by Gasteiger charge is 2.29. The fraction of sp³-hybridized carbons (Fsp3) is 0.818. The van der Waals surface area contributed by atoms with Crippen LogP contribution in [0.4, 0.5) is 0 Å². The minimum absolute atomic E-state index is 0.357. The van der Waals surface area contributed by atoms with Crippen LogP contribution in [0.5, 0.6) is 0 Å². The van der Waals surface area contributed by atoms with Crippen LogP contribution in [-0.2, 0) is 12.4 Å². The number of likely N-dealkylation sites (tertiary alicyclic amines) is 1. The molecule has 2 rings (SSSR count). The van der Waals surface area contributed by atoms with E-state index in [2.05, 4.69) is 33.6 Å². The van der Waals surface area contributed by atoms with Gasteiger partial charge in [-0.1, -0.05) is 6.92 Å². The van der Waals surface area contributed by atoms with Crippen molar-refractivity contribution in [3.63, 3.8) is 0 Å². The Kier molecular flexibility index (Phi) is 3.50. The van der Waals surface area contributed by atoms with Crippen molar-refractivity contribution in [3.8, 4) is 0 Å². The number of nitrogens with zero attached hydrogens (tertiary/aromatic N) is 4. The summed E-state index contributed by atoms with van der Waals surface area (Å²) in [6.45, 7) is 5.68. The summed E-state index contributed by atoms with van der Waals surface area (Å²) in [5, 5.41) is 7.94. The molecule has 1 saturated heterocycles. The van der Waals surface area contributed by atoms with Gasteiger partial charge in [0, 0.05) is 6.54 Å². The van der Waals surface area contributed by atoms with Gasteiger partial charge in [0.2, 0.25) is 0 Å². The Bertz CT molecular complexity index is 342. The molecule has 4 nitrogen and oxygen atoms in total. The van der Waals surface area contributed by atoms with E-state index in [9.17, 15) is 0 Å². The van der Waals surface area contributed by atoms with Crippen LogP contribution in [0.25, 0.3) is 0 Å². The van der Waals surface area contributed by atoms with Crippen LogP contribution in [-0.4, -0.2) is 39.8 Å². The maximum Gasteiger partial charge on any atom is 0.147 e. The molecule has 0 radical (unpaired) electrons. The standard InChI is InChI=1S/C11H19ClN4/c1-11(3-5-15(2)6-4-11)8-16-9-13-14-10(16)7-12/h9H,3-8H2,1-2H3. The van der Waals surface area contributed by atoms with E-state index in [1.54, 1.807) is 6.33 Å². The van der Waals surface area contributed by atoms with Crippen LogP contribution in [0.15, 0.2) is 6.33 Å². The second-order valence-electron chi connectivity index (χ2n) is 5.12. The zero-order valence-corrected chi connectivity index (χ0v) is 10.7. The number of hydrogen-bond acceptors (Lipinski definition) is 3. The van der Waals surface area contributed by atoms with Crippen molar-refractivity contribution in [2.45, 2.75) is 32.2 Å². The van der Waals surface area contributed by atoms with Gasteiger partial charge in [0.15, 0.2) is 0 Å². The van der Waals surface area contributed by atoms with Crippen molar-refractivity contribution in [3.05, 3.63) is 12.2 Å². The van der Waals surface area contributed by atoms with Gasteiger partial charge in [0.25, 0.3) is 0 Å². The molecule has 0 saturated carbocycles. The lowest BCUT2D eigenvalue weighted by atomic mass is 9.80. The monoisotopic (exact) mass is 242 g/mol. The number of piperidine rings is 1. The molecular formula is C11H19ClN4. The van der Waals surface area contributed by atoms with Crippen LogP contribution in [0, 0.1) is 5.41 Å². The predicted molar refractivity (Wildman–Crippen MR) is 64.4 cm³/mol. The quantitative estimate of drug-likeness (QED) is 0.758. The summed E-state index contributed by atoms with van der Waals surface area (Å²) in [7, 11) is 2.18. The lowest BCUT2D eigenvalue weighted by molar-refractivity contribution is 0.120. The number of halogens is 1. The Morgan fingerprint density at radius 2 is 2.12 bits per heavy atom. The summed E-state index contributed by atoms with van der Waals surface area (Å²) in [6.07, 6.45) is 4.24. The first kappa shape index (κ1) is 11.9. The minimum Gasteiger partial charge on any atom is -0.316 e. The van der Waals surface area contributed by atoms with E-state index in [-0.39, 0.29) is 0 Å². The van der Waals surface area contributed by atoms with Crippen LogP contribution < -0.4 is 0 Å². The average Bonchev–Trinajstić information content (AvgIpc) is 2.70. The minimum atomic E-state index is 0.357. The second kappa shape index (κ2) is 4.72. The third-order valence-corrected chi connectivity index (χ3v) is 3.80. The number of hydrogen-bond donors (Lipinski definition) is 0. The summed E-state index contributed by atoms with van der Waals surface area (Å²) in [4.78, 5) is 2.39. The molecule has 0 atom stereocenters. The van der Waals surface area contributed by atoms with Gasteiger partial charge in [-0.2, -0.15) is 0 Å². The average molecular weight is 243 g/mol. The van der Waals surface area contributed by atoms with Gasteiger partial charge in [0.05, 0.1) is 5.88 Å². The maximum absolute atomic E-state index is 5.83. The van der Waals surface area contributed by atoms with Gasteiger partial charge >= 0.3 is 0 Å². The molecule has 1 aromatic heterocycles. The fourth-order valence-electron chi connectivity index (χ4n) is 2.24. The van der Waals surface area contributed by atoms with Crippen molar-refractivity contribution in [1.82, 2.24) is 19.7 Å². The first-order valence-electron chi connectivity index (χ1n) is 5.74.